The minimum Gasteiger partial charge on any atom is -0.493 e. The zero-order chi connectivity index (χ0) is 14.5. The van der Waals surface area contributed by atoms with Crippen molar-refractivity contribution in [3.8, 4) is 5.88 Å². The molecule has 0 atom stereocenters. The number of nitrogens with zero attached hydrogens (tertiary/aromatic N) is 2. The minimum atomic E-state index is -0.360. The predicted molar refractivity (Wildman–Crippen MR) is 74.0 cm³/mol. The number of hydrogen-bond donors (Lipinski definition) is 2. The number of H-pyrrole nitrogens is 1. The molecule has 1 aromatic rings. The molecule has 0 saturated carbocycles. The highest BCUT2D eigenvalue weighted by molar-refractivity contribution is 7.99. The van der Waals surface area contributed by atoms with Crippen molar-refractivity contribution in [2.24, 2.45) is 0 Å². The molecule has 2 rings (SSSR count). The van der Waals surface area contributed by atoms with Crippen LogP contribution in [-0.2, 0) is 16.0 Å². The third-order valence-corrected chi connectivity index (χ3v) is 3.88. The van der Waals surface area contributed by atoms with E-state index in [-0.39, 0.29) is 33.8 Å². The van der Waals surface area contributed by atoms with E-state index in [9.17, 15) is 14.7 Å². The number of aromatic nitrogens is 2. The number of nitrogens with one attached hydrogen (secondary N) is 1. The Labute approximate surface area is 120 Å². The number of morpholine rings is 1. The number of ether oxygens (including phenoxy) is 1. The summed E-state index contributed by atoms with van der Waals surface area (Å²) in [7, 11) is 0. The molecule has 110 valence electrons. The van der Waals surface area contributed by atoms with Crippen LogP contribution < -0.4 is 5.56 Å². The molecular weight excluding hydrogens is 282 g/mol. The van der Waals surface area contributed by atoms with Crippen molar-refractivity contribution in [1.29, 1.82) is 0 Å². The molecule has 1 saturated heterocycles. The van der Waals surface area contributed by atoms with Crippen LogP contribution in [0.4, 0.5) is 0 Å². The molecule has 1 aliphatic heterocycles. The summed E-state index contributed by atoms with van der Waals surface area (Å²) >= 11 is 1.11. The average molecular weight is 299 g/mol. The quantitative estimate of drug-likeness (QED) is 0.600. The molecule has 0 aliphatic carbocycles. The minimum absolute atomic E-state index is 0.0278. The molecule has 2 heterocycles. The number of aromatic amines is 1. The number of rotatable bonds is 4. The van der Waals surface area contributed by atoms with E-state index in [2.05, 4.69) is 9.97 Å². The van der Waals surface area contributed by atoms with Crippen molar-refractivity contribution < 1.29 is 14.6 Å². The van der Waals surface area contributed by atoms with Gasteiger partial charge in [-0.2, -0.15) is 4.98 Å². The van der Waals surface area contributed by atoms with Crippen LogP contribution >= 0.6 is 11.8 Å². The highest BCUT2D eigenvalue weighted by Crippen LogP contribution is 2.17. The van der Waals surface area contributed by atoms with Gasteiger partial charge >= 0.3 is 0 Å². The fraction of sp³-hybridized carbons (Fsp3) is 0.583. The van der Waals surface area contributed by atoms with Gasteiger partial charge in [0.15, 0.2) is 5.16 Å². The molecule has 20 heavy (non-hydrogen) atoms. The number of carbonyl (C=O) groups excluding carboxylic acids is 1. The largest absolute Gasteiger partial charge is 0.493 e. The van der Waals surface area contributed by atoms with E-state index < -0.39 is 0 Å². The van der Waals surface area contributed by atoms with Gasteiger partial charge in [-0.25, -0.2) is 0 Å². The van der Waals surface area contributed by atoms with Gasteiger partial charge in [0.05, 0.1) is 24.5 Å². The lowest BCUT2D eigenvalue weighted by Crippen LogP contribution is -2.41. The Morgan fingerprint density at radius 3 is 2.80 bits per heavy atom. The molecular formula is C12H17N3O4S. The van der Waals surface area contributed by atoms with Crippen LogP contribution in [0.2, 0.25) is 0 Å². The lowest BCUT2D eigenvalue weighted by atomic mass is 10.2. The second-order valence-electron chi connectivity index (χ2n) is 4.31. The Balaban J connectivity index is 1.97. The third-order valence-electron chi connectivity index (χ3n) is 3.02. The van der Waals surface area contributed by atoms with Crippen molar-refractivity contribution in [2.45, 2.75) is 18.5 Å². The molecule has 0 aromatic carbocycles. The van der Waals surface area contributed by atoms with E-state index in [0.29, 0.717) is 32.7 Å². The standard InChI is InChI=1S/C12H17N3O4S/c1-2-8-10(17)13-12(14-11(8)18)20-7-9(16)15-3-5-19-6-4-15/h2-7H2,1H3,(H2,13,14,17,18). The van der Waals surface area contributed by atoms with E-state index in [1.54, 1.807) is 11.8 Å². The Hall–Kier alpha value is -1.54. The Bertz CT molecular complexity index is 540. The first-order valence-electron chi connectivity index (χ1n) is 6.42. The molecule has 1 amide bonds. The van der Waals surface area contributed by atoms with Crippen molar-refractivity contribution in [3.63, 3.8) is 0 Å². The van der Waals surface area contributed by atoms with Gasteiger partial charge in [-0.1, -0.05) is 18.7 Å². The monoisotopic (exact) mass is 299 g/mol. The summed E-state index contributed by atoms with van der Waals surface area (Å²) < 4.78 is 5.18. The van der Waals surface area contributed by atoms with E-state index in [4.69, 9.17) is 4.74 Å². The Morgan fingerprint density at radius 2 is 2.20 bits per heavy atom. The fourth-order valence-electron chi connectivity index (χ4n) is 1.89. The molecule has 0 bridgehead atoms. The van der Waals surface area contributed by atoms with Crippen molar-refractivity contribution in [3.05, 3.63) is 15.9 Å². The number of aromatic hydroxyl groups is 1. The molecule has 1 aliphatic rings. The van der Waals surface area contributed by atoms with Crippen LogP contribution in [0.15, 0.2) is 9.95 Å². The highest BCUT2D eigenvalue weighted by atomic mass is 32.2. The summed E-state index contributed by atoms with van der Waals surface area (Å²) in [6.45, 7) is 4.04. The predicted octanol–water partition coefficient (Wildman–Crippen LogP) is -0.0112. The first kappa shape index (κ1) is 14.9. The van der Waals surface area contributed by atoms with Crippen molar-refractivity contribution in [2.75, 3.05) is 32.1 Å². The average Bonchev–Trinajstić information content (AvgIpc) is 2.45. The van der Waals surface area contributed by atoms with E-state index in [1.165, 1.54) is 0 Å². The van der Waals surface area contributed by atoms with Gasteiger partial charge in [-0.3, -0.25) is 9.59 Å². The second-order valence-corrected chi connectivity index (χ2v) is 5.27. The van der Waals surface area contributed by atoms with E-state index in [1.807, 2.05) is 0 Å². The van der Waals surface area contributed by atoms with Gasteiger partial charge in [-0.05, 0) is 6.42 Å². The van der Waals surface area contributed by atoms with Gasteiger partial charge < -0.3 is 19.7 Å². The Kier molecular flexibility index (Phi) is 5.02. The summed E-state index contributed by atoms with van der Waals surface area (Å²) in [5.41, 5.74) is -0.102. The third kappa shape index (κ3) is 3.51. The number of carbonyl (C=O) groups is 1. The second kappa shape index (κ2) is 6.76. The van der Waals surface area contributed by atoms with Gasteiger partial charge in [0.2, 0.25) is 11.8 Å². The summed E-state index contributed by atoms with van der Waals surface area (Å²) in [5.74, 6) is -0.119. The summed E-state index contributed by atoms with van der Waals surface area (Å²) in [5, 5.41) is 9.89. The van der Waals surface area contributed by atoms with Crippen LogP contribution in [-0.4, -0.2) is 57.9 Å². The molecule has 1 fully saturated rings. The van der Waals surface area contributed by atoms with Gasteiger partial charge in [-0.15, -0.1) is 0 Å². The lowest BCUT2D eigenvalue weighted by molar-refractivity contribution is -0.132. The molecule has 8 heteroatoms. The number of hydrogen-bond acceptors (Lipinski definition) is 6. The molecule has 2 N–H and O–H groups in total. The highest BCUT2D eigenvalue weighted by Gasteiger charge is 2.17. The van der Waals surface area contributed by atoms with Crippen LogP contribution in [0.25, 0.3) is 0 Å². The van der Waals surface area contributed by atoms with Gasteiger partial charge in [0.25, 0.3) is 5.56 Å². The number of amides is 1. The molecule has 0 unspecified atom stereocenters. The molecule has 1 aromatic heterocycles. The van der Waals surface area contributed by atoms with Crippen LogP contribution in [0.3, 0.4) is 0 Å². The zero-order valence-corrected chi connectivity index (χ0v) is 12.0. The maximum atomic E-state index is 11.9. The summed E-state index contributed by atoms with van der Waals surface area (Å²) in [6, 6.07) is 0. The van der Waals surface area contributed by atoms with E-state index >= 15 is 0 Å². The smallest absolute Gasteiger partial charge is 0.258 e. The lowest BCUT2D eigenvalue weighted by Gasteiger charge is -2.26. The van der Waals surface area contributed by atoms with Crippen molar-refractivity contribution in [1.82, 2.24) is 14.9 Å². The normalized spacial score (nSPS) is 15.3. The maximum Gasteiger partial charge on any atom is 0.258 e. The van der Waals surface area contributed by atoms with E-state index in [0.717, 1.165) is 11.8 Å². The van der Waals surface area contributed by atoms with Gasteiger partial charge in [0.1, 0.15) is 0 Å². The topological polar surface area (TPSA) is 95.5 Å². The summed E-state index contributed by atoms with van der Waals surface area (Å²) in [4.78, 5) is 31.8. The first-order valence-corrected chi connectivity index (χ1v) is 7.41. The molecule has 0 spiro atoms. The SMILES string of the molecule is CCc1c(O)nc(SCC(=O)N2CCOCC2)[nH]c1=O. The van der Waals surface area contributed by atoms with Crippen molar-refractivity contribution >= 4 is 17.7 Å². The van der Waals surface area contributed by atoms with Crippen LogP contribution in [0.5, 0.6) is 5.88 Å². The Morgan fingerprint density at radius 1 is 1.50 bits per heavy atom. The zero-order valence-electron chi connectivity index (χ0n) is 11.2. The molecule has 0 radical (unpaired) electrons. The molecule has 7 nitrogen and oxygen atoms in total. The van der Waals surface area contributed by atoms with Crippen LogP contribution in [0, 0.1) is 0 Å². The number of thioether (sulfide) groups is 1. The van der Waals surface area contributed by atoms with Gasteiger partial charge in [0, 0.05) is 13.1 Å². The van der Waals surface area contributed by atoms with Crippen LogP contribution in [0.1, 0.15) is 12.5 Å². The summed E-state index contributed by atoms with van der Waals surface area (Å²) in [6.07, 6.45) is 0.409. The first-order chi connectivity index (χ1) is 9.61. The maximum absolute atomic E-state index is 11.9. The fourth-order valence-corrected chi connectivity index (χ4v) is 2.65.